The van der Waals surface area contributed by atoms with E-state index >= 15 is 0 Å². The summed E-state index contributed by atoms with van der Waals surface area (Å²) in [5.74, 6) is -0.449. The van der Waals surface area contributed by atoms with Gasteiger partial charge in [0.15, 0.2) is 0 Å². The van der Waals surface area contributed by atoms with Gasteiger partial charge in [0.05, 0.1) is 38.5 Å². The van der Waals surface area contributed by atoms with Gasteiger partial charge in [-0.2, -0.15) is 0 Å². The fourth-order valence-corrected chi connectivity index (χ4v) is 4.32. The molecule has 0 bridgehead atoms. The summed E-state index contributed by atoms with van der Waals surface area (Å²) in [4.78, 5) is 31.2. The first kappa shape index (κ1) is 17.2. The van der Waals surface area contributed by atoms with Crippen LogP contribution in [-0.4, -0.2) is 23.4 Å². The molecule has 158 valence electrons. The van der Waals surface area contributed by atoms with Crippen molar-refractivity contribution in [3.8, 4) is 11.3 Å². The number of hydrogen-bond donors (Lipinski definition) is 3. The van der Waals surface area contributed by atoms with Gasteiger partial charge in [0.25, 0.3) is 10.0 Å². The van der Waals surface area contributed by atoms with Crippen LogP contribution in [0.25, 0.3) is 22.3 Å². The predicted molar refractivity (Wildman–Crippen MR) is 115 cm³/mol. The summed E-state index contributed by atoms with van der Waals surface area (Å²) in [6.07, 6.45) is 1.16. The number of anilines is 1. The second-order valence-electron chi connectivity index (χ2n) is 6.47. The van der Waals surface area contributed by atoms with Crippen LogP contribution in [0.3, 0.4) is 0 Å². The van der Waals surface area contributed by atoms with Crippen molar-refractivity contribution in [2.24, 2.45) is 0 Å². The number of pyridine rings is 1. The molecule has 3 N–H and O–H groups in total. The zero-order valence-corrected chi connectivity index (χ0v) is 16.9. The van der Waals surface area contributed by atoms with Gasteiger partial charge in [-0.25, -0.2) is 12.8 Å². The molecule has 0 saturated heterocycles. The number of nitrogens with zero attached hydrogens (tertiary/aromatic N) is 1. The second-order valence-corrected chi connectivity index (χ2v) is 8.53. The van der Waals surface area contributed by atoms with Crippen LogP contribution < -0.4 is 15.8 Å². The molecule has 0 spiro atoms. The van der Waals surface area contributed by atoms with Crippen molar-refractivity contribution in [3.05, 3.63) is 85.8 Å². The first-order valence-electron chi connectivity index (χ1n) is 10.1. The highest BCUT2D eigenvalue weighted by atomic mass is 35.5. The molecule has 0 unspecified atom stereocenters. The van der Waals surface area contributed by atoms with E-state index in [2.05, 4.69) is 19.7 Å². The number of rotatable bonds is 4. The van der Waals surface area contributed by atoms with Crippen LogP contribution in [-0.2, 0) is 10.0 Å². The van der Waals surface area contributed by atoms with Crippen LogP contribution in [0.4, 0.5) is 10.1 Å². The summed E-state index contributed by atoms with van der Waals surface area (Å²) in [7, 11) is -4.51. The molecule has 4 aromatic rings. The standard InChI is InChI=1S/C20H14ClFN4O4S/c1-10-6-15-16(25-20(28)19(27)24-15)8-17(10)31(29,30)26-13-7-14(21)18(23-9-13)11-2-4-12(22)5-3-11/h2-9,26H,1H3,(H,24,27)(H,25,28)/i1D3. The van der Waals surface area contributed by atoms with Gasteiger partial charge in [-0.05, 0) is 54.9 Å². The van der Waals surface area contributed by atoms with Gasteiger partial charge in [0.2, 0.25) is 0 Å². The average molecular weight is 464 g/mol. The number of aromatic amines is 2. The van der Waals surface area contributed by atoms with Crippen molar-refractivity contribution < 1.29 is 16.9 Å². The highest BCUT2D eigenvalue weighted by Gasteiger charge is 2.19. The fourth-order valence-electron chi connectivity index (χ4n) is 2.89. The van der Waals surface area contributed by atoms with Gasteiger partial charge in [-0.1, -0.05) is 11.6 Å². The Hall–Kier alpha value is -3.50. The van der Waals surface area contributed by atoms with Crippen LogP contribution >= 0.6 is 11.6 Å². The maximum atomic E-state index is 13.2. The number of nitrogens with one attached hydrogen (secondary N) is 3. The van der Waals surface area contributed by atoms with Crippen LogP contribution in [0, 0.1) is 12.7 Å². The molecule has 0 aliphatic heterocycles. The number of halogens is 2. The molecule has 0 atom stereocenters. The van der Waals surface area contributed by atoms with Gasteiger partial charge >= 0.3 is 11.1 Å². The number of fused-ring (bicyclic) bond motifs is 1. The van der Waals surface area contributed by atoms with Crippen molar-refractivity contribution in [1.29, 1.82) is 0 Å². The summed E-state index contributed by atoms with van der Waals surface area (Å²) in [6.45, 7) is -2.87. The lowest BCUT2D eigenvalue weighted by Crippen LogP contribution is -2.29. The van der Waals surface area contributed by atoms with Crippen molar-refractivity contribution in [1.82, 2.24) is 15.0 Å². The van der Waals surface area contributed by atoms with E-state index in [0.717, 1.165) is 18.3 Å². The predicted octanol–water partition coefficient (Wildman–Crippen LogP) is 3.18. The summed E-state index contributed by atoms with van der Waals surface area (Å²) in [5.41, 5.74) is -2.04. The van der Waals surface area contributed by atoms with Gasteiger partial charge in [-0.3, -0.25) is 19.3 Å². The molecule has 8 nitrogen and oxygen atoms in total. The Morgan fingerprint density at radius 1 is 1.06 bits per heavy atom. The monoisotopic (exact) mass is 463 g/mol. The van der Waals surface area contributed by atoms with Gasteiger partial charge in [0, 0.05) is 9.68 Å². The Balaban J connectivity index is 1.78. The van der Waals surface area contributed by atoms with E-state index in [0.29, 0.717) is 5.56 Å². The Kier molecular flexibility index (Phi) is 4.24. The minimum absolute atomic E-state index is 0.0527. The van der Waals surface area contributed by atoms with Gasteiger partial charge in [-0.15, -0.1) is 0 Å². The zero-order chi connectivity index (χ0) is 24.8. The fraction of sp³-hybridized carbons (Fsp3) is 0.0500. The van der Waals surface area contributed by atoms with Gasteiger partial charge < -0.3 is 9.97 Å². The molecule has 2 aromatic heterocycles. The molecule has 2 aromatic carbocycles. The minimum atomic E-state index is -4.51. The van der Waals surface area contributed by atoms with Gasteiger partial charge in [0.1, 0.15) is 5.82 Å². The molecule has 0 fully saturated rings. The molecule has 31 heavy (non-hydrogen) atoms. The third kappa shape index (κ3) is 4.07. The summed E-state index contributed by atoms with van der Waals surface area (Å²) in [5, 5.41) is 0.0586. The third-order valence-corrected chi connectivity index (χ3v) is 6.03. The van der Waals surface area contributed by atoms with Crippen LogP contribution in [0.1, 0.15) is 9.68 Å². The molecule has 11 heteroatoms. The summed E-state index contributed by atoms with van der Waals surface area (Å²) in [6, 6.07) is 8.53. The first-order valence-corrected chi connectivity index (χ1v) is 10.5. The molecule has 0 radical (unpaired) electrons. The van der Waals surface area contributed by atoms with Crippen LogP contribution in [0.2, 0.25) is 5.02 Å². The van der Waals surface area contributed by atoms with Crippen molar-refractivity contribution >= 4 is 38.3 Å². The van der Waals surface area contributed by atoms with E-state index in [1.807, 2.05) is 0 Å². The Labute approximate surface area is 184 Å². The second kappa shape index (κ2) is 7.64. The lowest BCUT2D eigenvalue weighted by atomic mass is 10.1. The van der Waals surface area contributed by atoms with E-state index in [1.54, 1.807) is 0 Å². The number of benzene rings is 2. The maximum absolute atomic E-state index is 13.2. The molecular formula is C20H14ClFN4O4S. The van der Waals surface area contributed by atoms with Crippen molar-refractivity contribution in [3.63, 3.8) is 0 Å². The maximum Gasteiger partial charge on any atom is 0.314 e. The molecule has 0 aliphatic carbocycles. The zero-order valence-electron chi connectivity index (χ0n) is 18.4. The van der Waals surface area contributed by atoms with E-state index in [1.165, 1.54) is 30.3 Å². The number of sulfonamides is 1. The molecule has 2 heterocycles. The Morgan fingerprint density at radius 2 is 1.71 bits per heavy atom. The smallest absolute Gasteiger partial charge is 0.314 e. The third-order valence-electron chi connectivity index (χ3n) is 4.32. The molecule has 0 aliphatic rings. The minimum Gasteiger partial charge on any atom is -0.316 e. The number of hydrogen-bond acceptors (Lipinski definition) is 5. The van der Waals surface area contributed by atoms with Crippen molar-refractivity contribution in [2.45, 2.75) is 11.7 Å². The highest BCUT2D eigenvalue weighted by molar-refractivity contribution is 7.92. The summed E-state index contributed by atoms with van der Waals surface area (Å²) >= 11 is 6.24. The Bertz CT molecular complexity index is 1650. The molecular weight excluding hydrogens is 447 g/mol. The number of aryl methyl sites for hydroxylation is 1. The average Bonchev–Trinajstić information content (AvgIpc) is 2.74. The first-order chi connectivity index (χ1) is 15.8. The topological polar surface area (TPSA) is 125 Å². The SMILES string of the molecule is [2H]C([2H])([2H])c1cc2[nH]c(=O)c(=O)[nH]c2cc1S(=O)(=O)Nc1cnc(-c2ccc(F)cc2)c(Cl)c1. The number of aromatic nitrogens is 3. The van der Waals surface area contributed by atoms with E-state index in [-0.39, 0.29) is 27.4 Å². The Morgan fingerprint density at radius 3 is 2.32 bits per heavy atom. The van der Waals surface area contributed by atoms with Crippen LogP contribution in [0.15, 0.2) is 63.1 Å². The molecule has 0 amide bonds. The number of H-pyrrole nitrogens is 2. The largest absolute Gasteiger partial charge is 0.316 e. The lowest BCUT2D eigenvalue weighted by Gasteiger charge is -2.12. The van der Waals surface area contributed by atoms with E-state index in [9.17, 15) is 22.4 Å². The van der Waals surface area contributed by atoms with E-state index < -0.39 is 44.3 Å². The summed E-state index contributed by atoms with van der Waals surface area (Å²) < 4.78 is 64.8. The normalized spacial score (nSPS) is 13.4. The van der Waals surface area contributed by atoms with Crippen molar-refractivity contribution in [2.75, 3.05) is 4.72 Å². The molecule has 4 rings (SSSR count). The highest BCUT2D eigenvalue weighted by Crippen LogP contribution is 2.29. The quantitative estimate of drug-likeness (QED) is 0.401. The lowest BCUT2D eigenvalue weighted by molar-refractivity contribution is 0.600. The molecule has 0 saturated carbocycles. The van der Waals surface area contributed by atoms with E-state index in [4.69, 9.17) is 15.7 Å². The van der Waals surface area contributed by atoms with Crippen LogP contribution in [0.5, 0.6) is 0 Å².